The predicted molar refractivity (Wildman–Crippen MR) is 63.7 cm³/mol. The minimum atomic E-state index is -0.0127. The Kier molecular flexibility index (Phi) is 8.30. The van der Waals surface area contributed by atoms with Crippen molar-refractivity contribution in [2.45, 2.75) is 18.9 Å². The first-order chi connectivity index (χ1) is 7.10. The van der Waals surface area contributed by atoms with Crippen LogP contribution in [0.15, 0.2) is 0 Å². The molecule has 0 aromatic rings. The van der Waals surface area contributed by atoms with Gasteiger partial charge < -0.3 is 15.1 Å². The monoisotopic (exact) mass is 212 g/mol. The Morgan fingerprint density at radius 2 is 1.87 bits per heavy atom. The molecule has 0 heterocycles. The van der Waals surface area contributed by atoms with Crippen LogP contribution in [-0.2, 0) is 0 Å². The van der Waals surface area contributed by atoms with Crippen molar-refractivity contribution < 1.29 is 0 Å². The summed E-state index contributed by atoms with van der Waals surface area (Å²) >= 11 is 0. The van der Waals surface area contributed by atoms with Gasteiger partial charge in [-0.2, -0.15) is 5.26 Å². The number of rotatable bonds is 8. The Labute approximate surface area is 93.9 Å². The summed E-state index contributed by atoms with van der Waals surface area (Å²) in [4.78, 5) is 4.48. The van der Waals surface area contributed by atoms with Gasteiger partial charge in [-0.15, -0.1) is 0 Å². The van der Waals surface area contributed by atoms with Gasteiger partial charge in [0.25, 0.3) is 0 Å². The summed E-state index contributed by atoms with van der Waals surface area (Å²) in [6, 6.07) is 2.22. The Morgan fingerprint density at radius 3 is 2.33 bits per heavy atom. The average Bonchev–Trinajstić information content (AvgIpc) is 2.18. The highest BCUT2D eigenvalue weighted by molar-refractivity contribution is 4.88. The first-order valence-electron chi connectivity index (χ1n) is 5.50. The predicted octanol–water partition coefficient (Wildman–Crippen LogP) is 0.372. The van der Waals surface area contributed by atoms with Gasteiger partial charge in [0.2, 0.25) is 0 Å². The van der Waals surface area contributed by atoms with Gasteiger partial charge in [0, 0.05) is 6.54 Å². The molecule has 0 bridgehead atoms. The van der Waals surface area contributed by atoms with Crippen LogP contribution in [-0.4, -0.2) is 63.7 Å². The molecule has 0 aromatic heterocycles. The summed E-state index contributed by atoms with van der Waals surface area (Å²) in [7, 11) is 8.12. The van der Waals surface area contributed by atoms with Gasteiger partial charge in [-0.3, -0.25) is 0 Å². The molecule has 15 heavy (non-hydrogen) atoms. The van der Waals surface area contributed by atoms with E-state index in [1.807, 2.05) is 7.05 Å². The molecule has 0 spiro atoms. The maximum atomic E-state index is 8.75. The van der Waals surface area contributed by atoms with E-state index in [2.05, 4.69) is 42.3 Å². The molecule has 4 heteroatoms. The Balaban J connectivity index is 3.49. The van der Waals surface area contributed by atoms with E-state index >= 15 is 0 Å². The molecular formula is C11H24N4. The van der Waals surface area contributed by atoms with Crippen LogP contribution in [0.1, 0.15) is 12.8 Å². The molecule has 1 unspecified atom stereocenters. The van der Waals surface area contributed by atoms with Crippen molar-refractivity contribution in [2.24, 2.45) is 0 Å². The second-order valence-corrected chi connectivity index (χ2v) is 4.22. The maximum absolute atomic E-state index is 8.75. The van der Waals surface area contributed by atoms with Crippen molar-refractivity contribution in [3.05, 3.63) is 0 Å². The molecule has 0 saturated heterocycles. The fourth-order valence-corrected chi connectivity index (χ4v) is 1.39. The third kappa shape index (κ3) is 8.37. The highest BCUT2D eigenvalue weighted by Crippen LogP contribution is 1.95. The molecule has 0 rings (SSSR count). The highest BCUT2D eigenvalue weighted by atomic mass is 15.1. The van der Waals surface area contributed by atoms with Gasteiger partial charge in [0.05, 0.1) is 12.1 Å². The third-order valence-electron chi connectivity index (χ3n) is 2.45. The molecule has 0 saturated carbocycles. The molecule has 0 aliphatic carbocycles. The van der Waals surface area contributed by atoms with Gasteiger partial charge in [0.15, 0.2) is 0 Å². The molecule has 1 N–H and O–H groups in total. The Morgan fingerprint density at radius 1 is 1.20 bits per heavy atom. The molecule has 4 nitrogen and oxygen atoms in total. The Bertz CT molecular complexity index is 186. The summed E-state index contributed by atoms with van der Waals surface area (Å²) in [6.07, 6.45) is 2.08. The summed E-state index contributed by atoms with van der Waals surface area (Å²) in [5.74, 6) is 0. The topological polar surface area (TPSA) is 42.3 Å². The lowest BCUT2D eigenvalue weighted by Gasteiger charge is -2.19. The van der Waals surface area contributed by atoms with Crippen LogP contribution in [0, 0.1) is 11.3 Å². The first kappa shape index (κ1) is 14.4. The van der Waals surface area contributed by atoms with Crippen LogP contribution in [0.3, 0.4) is 0 Å². The highest BCUT2D eigenvalue weighted by Gasteiger charge is 2.05. The Hall–Kier alpha value is -0.630. The standard InChI is InChI=1S/C11H24N4/c1-13-11(10-12)6-9-15(4)8-5-7-14(2)3/h11,13H,5-9H2,1-4H3. The van der Waals surface area contributed by atoms with E-state index in [0.29, 0.717) is 0 Å². The van der Waals surface area contributed by atoms with E-state index in [-0.39, 0.29) is 6.04 Å². The second kappa shape index (κ2) is 8.66. The summed E-state index contributed by atoms with van der Waals surface area (Å²) in [6.45, 7) is 3.20. The van der Waals surface area contributed by atoms with Gasteiger partial charge in [-0.05, 0) is 54.1 Å². The average molecular weight is 212 g/mol. The van der Waals surface area contributed by atoms with Crippen LogP contribution < -0.4 is 5.32 Å². The number of nitrogens with zero attached hydrogens (tertiary/aromatic N) is 3. The van der Waals surface area contributed by atoms with Gasteiger partial charge in [0.1, 0.15) is 0 Å². The van der Waals surface area contributed by atoms with Crippen molar-refractivity contribution in [2.75, 3.05) is 47.8 Å². The van der Waals surface area contributed by atoms with Crippen LogP contribution in [0.25, 0.3) is 0 Å². The normalized spacial score (nSPS) is 13.1. The van der Waals surface area contributed by atoms with E-state index < -0.39 is 0 Å². The quantitative estimate of drug-likeness (QED) is 0.631. The van der Waals surface area contributed by atoms with Crippen molar-refractivity contribution in [1.82, 2.24) is 15.1 Å². The maximum Gasteiger partial charge on any atom is 0.0962 e. The number of nitriles is 1. The lowest BCUT2D eigenvalue weighted by atomic mass is 10.2. The second-order valence-electron chi connectivity index (χ2n) is 4.22. The summed E-state index contributed by atoms with van der Waals surface area (Å²) < 4.78 is 0. The van der Waals surface area contributed by atoms with Gasteiger partial charge >= 0.3 is 0 Å². The number of hydrogen-bond donors (Lipinski definition) is 1. The van der Waals surface area contributed by atoms with Crippen LogP contribution >= 0.6 is 0 Å². The molecule has 0 aromatic carbocycles. The minimum Gasteiger partial charge on any atom is -0.309 e. The lowest BCUT2D eigenvalue weighted by molar-refractivity contribution is 0.292. The number of nitrogens with one attached hydrogen (secondary N) is 1. The summed E-state index contributed by atoms with van der Waals surface area (Å²) in [5.41, 5.74) is 0. The van der Waals surface area contributed by atoms with E-state index in [0.717, 1.165) is 26.1 Å². The fourth-order valence-electron chi connectivity index (χ4n) is 1.39. The third-order valence-corrected chi connectivity index (χ3v) is 2.45. The van der Waals surface area contributed by atoms with E-state index in [4.69, 9.17) is 5.26 Å². The van der Waals surface area contributed by atoms with Crippen molar-refractivity contribution in [3.63, 3.8) is 0 Å². The zero-order chi connectivity index (χ0) is 11.7. The summed E-state index contributed by atoms with van der Waals surface area (Å²) in [5, 5.41) is 11.7. The van der Waals surface area contributed by atoms with E-state index in [1.54, 1.807) is 0 Å². The van der Waals surface area contributed by atoms with E-state index in [1.165, 1.54) is 6.42 Å². The zero-order valence-corrected chi connectivity index (χ0v) is 10.5. The molecule has 0 aliphatic rings. The van der Waals surface area contributed by atoms with E-state index in [9.17, 15) is 0 Å². The fraction of sp³-hybridized carbons (Fsp3) is 0.909. The molecule has 88 valence electrons. The molecule has 0 amide bonds. The van der Waals surface area contributed by atoms with Crippen LogP contribution in [0.5, 0.6) is 0 Å². The minimum absolute atomic E-state index is 0.0127. The number of hydrogen-bond acceptors (Lipinski definition) is 4. The lowest BCUT2D eigenvalue weighted by Crippen LogP contribution is -2.31. The molecular weight excluding hydrogens is 188 g/mol. The van der Waals surface area contributed by atoms with Crippen LogP contribution in [0.4, 0.5) is 0 Å². The molecule has 1 atom stereocenters. The van der Waals surface area contributed by atoms with Crippen molar-refractivity contribution in [1.29, 1.82) is 5.26 Å². The molecule has 0 radical (unpaired) electrons. The SMILES string of the molecule is CNC(C#N)CCN(C)CCCN(C)C. The largest absolute Gasteiger partial charge is 0.309 e. The van der Waals surface area contributed by atoms with Gasteiger partial charge in [-0.25, -0.2) is 0 Å². The molecule has 0 aliphatic heterocycles. The molecule has 0 fully saturated rings. The smallest absolute Gasteiger partial charge is 0.0962 e. The van der Waals surface area contributed by atoms with Crippen LogP contribution in [0.2, 0.25) is 0 Å². The first-order valence-corrected chi connectivity index (χ1v) is 5.50. The van der Waals surface area contributed by atoms with Crippen molar-refractivity contribution >= 4 is 0 Å². The van der Waals surface area contributed by atoms with Gasteiger partial charge in [-0.1, -0.05) is 0 Å². The zero-order valence-electron chi connectivity index (χ0n) is 10.5. The van der Waals surface area contributed by atoms with Crippen molar-refractivity contribution in [3.8, 4) is 6.07 Å².